The smallest absolute Gasteiger partial charge is 0 e. The molecule has 0 saturated heterocycles. The molecule has 0 aliphatic heterocycles. The first kappa shape index (κ1) is 41.5. The summed E-state index contributed by atoms with van der Waals surface area (Å²) >= 11 is -2.14. The molecule has 333 valence electrons. The number of para-hydroxylation sites is 2. The van der Waals surface area contributed by atoms with Gasteiger partial charge < -0.3 is 8.98 Å². The molecular formula is C59H56GeIrN4O-2. The predicted octanol–water partition coefficient (Wildman–Crippen LogP) is 15.3. The van der Waals surface area contributed by atoms with Crippen LogP contribution in [0.5, 0.6) is 0 Å². The van der Waals surface area contributed by atoms with Gasteiger partial charge in [0.15, 0.2) is 0 Å². The summed E-state index contributed by atoms with van der Waals surface area (Å²) in [4.78, 5) is 14.6. The molecule has 0 fully saturated rings. The minimum absolute atomic E-state index is 0. The molecule has 0 bridgehead atoms. The molecule has 10 rings (SSSR count). The Balaban J connectivity index is 0.000000224. The second-order valence-electron chi connectivity index (χ2n) is 19.0. The van der Waals surface area contributed by atoms with Gasteiger partial charge in [0, 0.05) is 42.3 Å². The summed E-state index contributed by atoms with van der Waals surface area (Å²) < 4.78 is 40.9. The van der Waals surface area contributed by atoms with Crippen LogP contribution in [0.1, 0.15) is 68.4 Å². The minimum Gasteiger partial charge on any atom is 0 e. The predicted molar refractivity (Wildman–Crippen MR) is 275 cm³/mol. The van der Waals surface area contributed by atoms with Gasteiger partial charge in [-0.1, -0.05) is 105 Å². The topological polar surface area (TPSA) is 56.7 Å². The van der Waals surface area contributed by atoms with Crippen LogP contribution in [-0.2, 0) is 25.5 Å². The number of hydrogen-bond donors (Lipinski definition) is 0. The summed E-state index contributed by atoms with van der Waals surface area (Å²) in [7, 11) is 0. The van der Waals surface area contributed by atoms with E-state index in [1.54, 1.807) is 12.1 Å². The molecule has 7 heteroatoms. The van der Waals surface area contributed by atoms with E-state index in [1.165, 1.54) is 16.0 Å². The van der Waals surface area contributed by atoms with Crippen LogP contribution in [0.4, 0.5) is 0 Å². The molecule has 1 radical (unpaired) electrons. The molecule has 0 saturated carbocycles. The van der Waals surface area contributed by atoms with Crippen LogP contribution < -0.4 is 4.40 Å². The van der Waals surface area contributed by atoms with E-state index in [9.17, 15) is 0 Å². The zero-order valence-electron chi connectivity index (χ0n) is 43.0. The average molecular weight is 1110 g/mol. The minimum atomic E-state index is -2.14. The maximum Gasteiger partial charge on any atom is 0 e. The average Bonchev–Trinajstić information content (AvgIpc) is 3.89. The Morgan fingerprint density at radius 3 is 2.03 bits per heavy atom. The molecule has 10 aromatic rings. The Kier molecular flexibility index (Phi) is 11.8. The van der Waals surface area contributed by atoms with E-state index >= 15 is 0 Å². The van der Waals surface area contributed by atoms with Crippen molar-refractivity contribution in [1.82, 2.24) is 19.5 Å². The van der Waals surface area contributed by atoms with Crippen molar-refractivity contribution in [1.29, 1.82) is 0 Å². The van der Waals surface area contributed by atoms with Crippen molar-refractivity contribution < 1.29 is 30.0 Å². The summed E-state index contributed by atoms with van der Waals surface area (Å²) in [6, 6.07) is 55.9. The standard InChI is InChI=1S/C41H32N3O.C18H24GeN.Ir/c1-26-22-23-31-30-18-13-19-32(38(30)45-40(31)42-26)39-43-35-20-11-12-21-36(35)44(39)37-33(27-14-7-5-8-15-27)24-29(41(2,3)4)25-34(37)28-16-9-6-10-17-28;1-13(2)16-11-18(15-9-7-14(3)8-10-15)20-12-17(16)19(4,5)6;/h5-18,20-25H,1-4H3;7-9,11-13H,1-6H3;/q2*-1;/i;3D3,13D;. The number of benzene rings is 6. The van der Waals surface area contributed by atoms with Crippen LogP contribution >= 0.6 is 0 Å². The summed E-state index contributed by atoms with van der Waals surface area (Å²) in [6.45, 7) is 10.5. The third-order valence-corrected chi connectivity index (χ3v) is 16.2. The molecule has 4 aromatic heterocycles. The first-order valence-corrected chi connectivity index (χ1v) is 29.5. The van der Waals surface area contributed by atoms with Crippen LogP contribution in [0.3, 0.4) is 0 Å². The first-order valence-electron chi connectivity index (χ1n) is 24.2. The molecular weight excluding hydrogens is 1050 g/mol. The number of pyridine rings is 2. The molecule has 5 nitrogen and oxygen atoms in total. The van der Waals surface area contributed by atoms with Crippen LogP contribution in [-0.4, -0.2) is 32.8 Å². The molecule has 0 aliphatic rings. The quantitative estimate of drug-likeness (QED) is 0.118. The van der Waals surface area contributed by atoms with Gasteiger partial charge in [0.25, 0.3) is 0 Å². The van der Waals surface area contributed by atoms with E-state index in [0.717, 1.165) is 89.2 Å². The van der Waals surface area contributed by atoms with Crippen molar-refractivity contribution in [2.45, 2.75) is 77.0 Å². The van der Waals surface area contributed by atoms with Crippen molar-refractivity contribution in [3.63, 3.8) is 0 Å². The van der Waals surface area contributed by atoms with Crippen LogP contribution in [0.25, 0.3) is 83.7 Å². The molecule has 0 aliphatic carbocycles. The van der Waals surface area contributed by atoms with Crippen molar-refractivity contribution in [2.24, 2.45) is 0 Å². The third kappa shape index (κ3) is 9.24. The number of aryl methyl sites for hydroxylation is 2. The number of rotatable bonds is 7. The Morgan fingerprint density at radius 1 is 0.758 bits per heavy atom. The largest absolute Gasteiger partial charge is 0 e. The maximum absolute atomic E-state index is 8.49. The Morgan fingerprint density at radius 2 is 1.42 bits per heavy atom. The van der Waals surface area contributed by atoms with Gasteiger partial charge in [0.05, 0.1) is 28.1 Å². The van der Waals surface area contributed by atoms with E-state index in [0.29, 0.717) is 5.71 Å². The van der Waals surface area contributed by atoms with Crippen LogP contribution in [0.2, 0.25) is 17.3 Å². The fourth-order valence-electron chi connectivity index (χ4n) is 8.48. The van der Waals surface area contributed by atoms with Gasteiger partial charge in [-0.05, 0) is 65.4 Å². The van der Waals surface area contributed by atoms with E-state index in [1.807, 2.05) is 51.2 Å². The van der Waals surface area contributed by atoms with Crippen molar-refractivity contribution in [3.8, 4) is 50.6 Å². The zero-order chi connectivity index (χ0) is 49.0. The van der Waals surface area contributed by atoms with E-state index < -0.39 is 26.0 Å². The van der Waals surface area contributed by atoms with E-state index in [-0.39, 0.29) is 31.1 Å². The van der Waals surface area contributed by atoms with Crippen molar-refractivity contribution >= 4 is 50.8 Å². The van der Waals surface area contributed by atoms with E-state index in [4.69, 9.17) is 19.9 Å². The zero-order valence-corrected chi connectivity index (χ0v) is 43.5. The second-order valence-corrected chi connectivity index (χ2v) is 29.6. The number of nitrogens with zero attached hydrogens (tertiary/aromatic N) is 4. The van der Waals surface area contributed by atoms with Gasteiger partial charge in [-0.25, -0.2) is 4.98 Å². The Labute approximate surface area is 411 Å². The molecule has 0 N–H and O–H groups in total. The molecule has 0 atom stereocenters. The van der Waals surface area contributed by atoms with Gasteiger partial charge in [-0.15, -0.1) is 18.2 Å². The van der Waals surface area contributed by atoms with Crippen molar-refractivity contribution in [2.75, 3.05) is 0 Å². The first-order chi connectivity index (χ1) is 32.7. The summed E-state index contributed by atoms with van der Waals surface area (Å²) in [6.07, 6.45) is 1.91. The SMILES string of the molecule is Cc1ccc2c(n1)oc1c(-c3nc4ccccc4n3-c3c(-c4ccccc4)cc(C(C)(C)C)cc3-c3ccccc3)[c-]ccc12.[2H]C([2H])([2H])c1c[c-]c(-c2cc(C([2H])(C)C)[c]([Ge]([CH3])([CH3])[CH3])cn2)cc1.[Ir]. The number of furan rings is 1. The van der Waals surface area contributed by atoms with Crippen LogP contribution in [0.15, 0.2) is 156 Å². The fraction of sp³-hybridized carbons (Fsp3) is 0.203. The number of aromatic nitrogens is 4. The molecule has 0 amide bonds. The number of hydrogen-bond acceptors (Lipinski definition) is 4. The summed E-state index contributed by atoms with van der Waals surface area (Å²) in [5.74, 6) is 6.95. The fourth-order valence-corrected chi connectivity index (χ4v) is 11.8. The summed E-state index contributed by atoms with van der Waals surface area (Å²) in [5, 5.41) is 1.98. The molecule has 66 heavy (non-hydrogen) atoms. The van der Waals surface area contributed by atoms with Gasteiger partial charge in [0.1, 0.15) is 0 Å². The number of imidazole rings is 1. The molecule has 6 aromatic carbocycles. The third-order valence-electron chi connectivity index (χ3n) is 11.9. The Bertz CT molecular complexity index is 3430. The number of fused-ring (bicyclic) bond motifs is 4. The van der Waals surface area contributed by atoms with E-state index in [2.05, 4.69) is 163 Å². The monoisotopic (exact) mass is 1110 g/mol. The van der Waals surface area contributed by atoms with Crippen molar-refractivity contribution in [3.05, 3.63) is 186 Å². The molecule has 0 spiro atoms. The Hall–Kier alpha value is -5.92. The molecule has 4 heterocycles. The van der Waals surface area contributed by atoms with Crippen LogP contribution in [0, 0.1) is 25.9 Å². The van der Waals surface area contributed by atoms with Gasteiger partial charge in [-0.3, -0.25) is 4.98 Å². The molecule has 0 unspecified atom stereocenters. The second kappa shape index (κ2) is 18.8. The van der Waals surface area contributed by atoms with Gasteiger partial charge in [0.2, 0.25) is 5.71 Å². The normalized spacial score (nSPS) is 13.0. The maximum atomic E-state index is 8.49. The van der Waals surface area contributed by atoms with Gasteiger partial charge >= 0.3 is 131 Å². The van der Waals surface area contributed by atoms with Gasteiger partial charge in [-0.2, -0.15) is 0 Å². The summed E-state index contributed by atoms with van der Waals surface area (Å²) in [5.41, 5.74) is 14.6.